The van der Waals surface area contributed by atoms with Crippen LogP contribution < -0.4 is 14.4 Å². The van der Waals surface area contributed by atoms with Gasteiger partial charge in [-0.15, -0.1) is 0 Å². The van der Waals surface area contributed by atoms with Crippen molar-refractivity contribution in [1.29, 1.82) is 0 Å². The number of ether oxygens (including phenoxy) is 2. The monoisotopic (exact) mass is 853 g/mol. The summed E-state index contributed by atoms with van der Waals surface area (Å²) in [5, 5.41) is 4.53. The molecule has 11 aromatic rings. The Balaban J connectivity index is 1.05. The highest BCUT2D eigenvalue weighted by Crippen LogP contribution is 2.67. The predicted octanol–water partition coefficient (Wildman–Crippen LogP) is 16.4. The van der Waals surface area contributed by atoms with Crippen LogP contribution in [0.4, 0.5) is 17.1 Å². The summed E-state index contributed by atoms with van der Waals surface area (Å²) >= 11 is 0. The lowest BCUT2D eigenvalue weighted by Crippen LogP contribution is -2.32. The van der Waals surface area contributed by atoms with Crippen LogP contribution in [0, 0.1) is 0 Å². The molecule has 11 aromatic carbocycles. The second kappa shape index (κ2) is 13.4. The van der Waals surface area contributed by atoms with Gasteiger partial charge in [0.25, 0.3) is 0 Å². The lowest BCUT2D eigenvalue weighted by Gasteiger charge is -2.40. The number of hydrogen-bond donors (Lipinski definition) is 0. The van der Waals surface area contributed by atoms with Gasteiger partial charge in [-0.25, -0.2) is 0 Å². The van der Waals surface area contributed by atoms with Gasteiger partial charge in [-0.1, -0.05) is 200 Å². The molecular formula is C64H39NO2. The first-order valence-electron chi connectivity index (χ1n) is 23.2. The van der Waals surface area contributed by atoms with Gasteiger partial charge in [-0.05, 0) is 80.6 Å². The number of fused-ring (bicyclic) bond motifs is 22. The van der Waals surface area contributed by atoms with Gasteiger partial charge >= 0.3 is 0 Å². The van der Waals surface area contributed by atoms with E-state index in [9.17, 15) is 0 Å². The first kappa shape index (κ1) is 36.7. The minimum absolute atomic E-state index is 0.647. The average Bonchev–Trinajstić information content (AvgIpc) is 3.86. The largest absolute Gasteiger partial charge is 0.456 e. The maximum Gasteiger partial charge on any atom is 0.140 e. The lowest BCUT2D eigenvalue weighted by atomic mass is 9.65. The van der Waals surface area contributed by atoms with Crippen LogP contribution in [0.25, 0.3) is 43.8 Å². The maximum absolute atomic E-state index is 7.02. The van der Waals surface area contributed by atoms with Crippen LogP contribution in [-0.4, -0.2) is 0 Å². The summed E-state index contributed by atoms with van der Waals surface area (Å²) in [6.07, 6.45) is 0. The molecule has 67 heavy (non-hydrogen) atoms. The first-order chi connectivity index (χ1) is 33.3. The Kier molecular flexibility index (Phi) is 7.36. The maximum atomic E-state index is 7.02. The number of nitrogens with zero attached hydrogens (tertiary/aromatic N) is 1. The molecule has 2 heterocycles. The molecule has 2 aliphatic heterocycles. The van der Waals surface area contributed by atoms with Crippen LogP contribution in [0.5, 0.6) is 23.0 Å². The fraction of sp³-hybridized carbons (Fsp3) is 0.0312. The molecule has 2 atom stereocenters. The molecule has 0 saturated carbocycles. The van der Waals surface area contributed by atoms with Gasteiger partial charge in [0, 0.05) is 49.8 Å². The number of hydrogen-bond acceptors (Lipinski definition) is 3. The lowest BCUT2D eigenvalue weighted by molar-refractivity contribution is 0.441. The smallest absolute Gasteiger partial charge is 0.140 e. The van der Waals surface area contributed by atoms with Crippen molar-refractivity contribution in [2.24, 2.45) is 0 Å². The zero-order valence-corrected chi connectivity index (χ0v) is 36.3. The van der Waals surface area contributed by atoms with Crippen LogP contribution >= 0.6 is 0 Å². The number of benzene rings is 11. The molecule has 0 amide bonds. The van der Waals surface area contributed by atoms with E-state index in [1.807, 2.05) is 0 Å². The summed E-state index contributed by atoms with van der Waals surface area (Å²) in [6, 6.07) is 86.7. The summed E-state index contributed by atoms with van der Waals surface area (Å²) in [5.74, 6) is 3.59. The van der Waals surface area contributed by atoms with Crippen molar-refractivity contribution in [1.82, 2.24) is 0 Å². The third-order valence-corrected chi connectivity index (χ3v) is 15.2. The van der Waals surface area contributed by atoms with Crippen molar-refractivity contribution in [3.05, 3.63) is 281 Å². The van der Waals surface area contributed by atoms with Crippen molar-refractivity contribution < 1.29 is 9.47 Å². The Morgan fingerprint density at radius 2 is 0.687 bits per heavy atom. The molecule has 0 radical (unpaired) electrons. The highest BCUT2D eigenvalue weighted by atomic mass is 16.5. The summed E-state index contributed by atoms with van der Waals surface area (Å²) < 4.78 is 14.0. The molecular weight excluding hydrogens is 815 g/mol. The molecule has 2 aliphatic carbocycles. The number of para-hydroxylation sites is 3. The molecule has 312 valence electrons. The highest BCUT2D eigenvalue weighted by Gasteiger charge is 2.54. The van der Waals surface area contributed by atoms with E-state index in [4.69, 9.17) is 9.47 Å². The molecule has 0 bridgehead atoms. The molecule has 0 saturated heterocycles. The Hall–Kier alpha value is -8.66. The van der Waals surface area contributed by atoms with Gasteiger partial charge in [-0.2, -0.15) is 0 Å². The van der Waals surface area contributed by atoms with Gasteiger partial charge < -0.3 is 14.4 Å². The minimum Gasteiger partial charge on any atom is -0.456 e. The molecule has 0 fully saturated rings. The van der Waals surface area contributed by atoms with E-state index in [1.165, 1.54) is 44.5 Å². The Bertz CT molecular complexity index is 3670. The molecule has 2 unspecified atom stereocenters. The van der Waals surface area contributed by atoms with Crippen LogP contribution in [-0.2, 0) is 10.8 Å². The Morgan fingerprint density at radius 1 is 0.284 bits per heavy atom. The van der Waals surface area contributed by atoms with Gasteiger partial charge in [0.15, 0.2) is 0 Å². The fourth-order valence-electron chi connectivity index (χ4n) is 12.7. The molecule has 15 rings (SSSR count). The van der Waals surface area contributed by atoms with E-state index in [-0.39, 0.29) is 0 Å². The standard InChI is InChI=1S/C64H39NO2/c1-2-20-42(21-3-1)65(55-32-16-30-51-59(55)45-24-8-10-26-47(45)63(51)49-28-12-14-34-57(49)66-61-43-22-6-4-18-40(43)36-38-53(61)63)56-33-17-31-52-60(56)46-25-9-11-27-48(46)64(52)50-29-13-15-35-58(50)67-62-44-23-7-5-19-41(44)37-39-54(62)64/h1-39H. The van der Waals surface area contributed by atoms with Gasteiger partial charge in [-0.3, -0.25) is 0 Å². The Labute approximate surface area is 388 Å². The Morgan fingerprint density at radius 3 is 1.19 bits per heavy atom. The van der Waals surface area contributed by atoms with Gasteiger partial charge in [0.05, 0.1) is 22.2 Å². The second-order valence-corrected chi connectivity index (χ2v) is 18.2. The minimum atomic E-state index is -0.647. The van der Waals surface area contributed by atoms with Crippen molar-refractivity contribution >= 4 is 38.6 Å². The molecule has 0 aromatic heterocycles. The second-order valence-electron chi connectivity index (χ2n) is 18.2. The average molecular weight is 854 g/mol. The van der Waals surface area contributed by atoms with Crippen molar-refractivity contribution in [2.75, 3.05) is 4.90 Å². The van der Waals surface area contributed by atoms with E-state index < -0.39 is 10.8 Å². The predicted molar refractivity (Wildman–Crippen MR) is 271 cm³/mol. The zero-order chi connectivity index (χ0) is 43.8. The number of anilines is 3. The van der Waals surface area contributed by atoms with Crippen LogP contribution in [0.15, 0.2) is 237 Å². The first-order valence-corrected chi connectivity index (χ1v) is 23.2. The quantitative estimate of drug-likeness (QED) is 0.177. The molecule has 3 heteroatoms. The summed E-state index contributed by atoms with van der Waals surface area (Å²) in [5.41, 5.74) is 16.5. The van der Waals surface area contributed by atoms with E-state index >= 15 is 0 Å². The molecule has 2 spiro atoms. The number of rotatable bonds is 3. The van der Waals surface area contributed by atoms with Gasteiger partial charge in [0.2, 0.25) is 0 Å². The molecule has 3 nitrogen and oxygen atoms in total. The van der Waals surface area contributed by atoms with Crippen LogP contribution in [0.3, 0.4) is 0 Å². The van der Waals surface area contributed by atoms with Crippen molar-refractivity contribution in [2.45, 2.75) is 10.8 Å². The van der Waals surface area contributed by atoms with Crippen LogP contribution in [0.1, 0.15) is 44.5 Å². The molecule has 0 N–H and O–H groups in total. The third-order valence-electron chi connectivity index (χ3n) is 15.2. The highest BCUT2D eigenvalue weighted by molar-refractivity contribution is 6.05. The van der Waals surface area contributed by atoms with Crippen molar-refractivity contribution in [3.8, 4) is 45.3 Å². The van der Waals surface area contributed by atoms with E-state index in [1.54, 1.807) is 0 Å². The van der Waals surface area contributed by atoms with Gasteiger partial charge in [0.1, 0.15) is 23.0 Å². The SMILES string of the molecule is c1ccc(N(c2cccc3c2-c2ccccc2C32c3ccccc3Oc3c2ccc2ccccc32)c2cccc3c2-c2ccccc2C32c3ccccc3Oc3c2ccc2ccccc32)cc1. The molecule has 4 aliphatic rings. The summed E-state index contributed by atoms with van der Waals surface area (Å²) in [7, 11) is 0. The summed E-state index contributed by atoms with van der Waals surface area (Å²) in [4.78, 5) is 2.53. The normalized spacial score (nSPS) is 17.3. The summed E-state index contributed by atoms with van der Waals surface area (Å²) in [6.45, 7) is 0. The van der Waals surface area contributed by atoms with E-state index in [0.717, 1.165) is 83.9 Å². The van der Waals surface area contributed by atoms with Crippen LogP contribution in [0.2, 0.25) is 0 Å². The van der Waals surface area contributed by atoms with Crippen molar-refractivity contribution in [3.63, 3.8) is 0 Å². The zero-order valence-electron chi connectivity index (χ0n) is 36.3. The van der Waals surface area contributed by atoms with E-state index in [0.29, 0.717) is 0 Å². The van der Waals surface area contributed by atoms with E-state index in [2.05, 4.69) is 241 Å². The third kappa shape index (κ3) is 4.60. The fourth-order valence-corrected chi connectivity index (χ4v) is 12.7. The topological polar surface area (TPSA) is 21.7 Å².